The van der Waals surface area contributed by atoms with Crippen LogP contribution >= 0.6 is 11.6 Å². The number of fused-ring (bicyclic) bond motifs is 2. The Balaban J connectivity index is 1.84. The van der Waals surface area contributed by atoms with Crippen LogP contribution in [0.2, 0.25) is 5.02 Å². The number of benzene rings is 2. The van der Waals surface area contributed by atoms with Crippen molar-refractivity contribution in [3.63, 3.8) is 0 Å². The van der Waals surface area contributed by atoms with Gasteiger partial charge in [0.15, 0.2) is 18.1 Å². The number of carbonyl (C=O) groups is 2. The van der Waals surface area contributed by atoms with Gasteiger partial charge >= 0.3 is 18.4 Å². The highest BCUT2D eigenvalue weighted by Gasteiger charge is 2.42. The van der Waals surface area contributed by atoms with Gasteiger partial charge in [-0.1, -0.05) is 11.6 Å². The van der Waals surface area contributed by atoms with Crippen LogP contribution in [0.15, 0.2) is 47.3 Å². The Morgan fingerprint density at radius 1 is 1.10 bits per heavy atom. The molecule has 0 saturated heterocycles. The first-order valence-corrected chi connectivity index (χ1v) is 16.8. The summed E-state index contributed by atoms with van der Waals surface area (Å²) in [5.41, 5.74) is -1.95. The van der Waals surface area contributed by atoms with Crippen LogP contribution in [0, 0.1) is 11.6 Å². The lowest BCUT2D eigenvalue weighted by atomic mass is 10.0. The fraction of sp³-hybridized carbons (Fsp3) is 0.267. The van der Waals surface area contributed by atoms with Gasteiger partial charge in [-0.05, 0) is 35.9 Å². The molecule has 14 nitrogen and oxygen atoms in total. The lowest BCUT2D eigenvalue weighted by Crippen LogP contribution is -2.35. The van der Waals surface area contributed by atoms with E-state index in [2.05, 4.69) is 20.4 Å². The van der Waals surface area contributed by atoms with E-state index in [4.69, 9.17) is 16.3 Å². The fourth-order valence-electron chi connectivity index (χ4n) is 5.37. The second-order valence-corrected chi connectivity index (χ2v) is 13.5. The quantitative estimate of drug-likeness (QED) is 0.178. The van der Waals surface area contributed by atoms with Crippen molar-refractivity contribution in [3.8, 4) is 11.6 Å². The number of carboxylic acid groups (broad SMARTS) is 1. The number of carbonyl (C=O) groups excluding carboxylic acids is 1. The third kappa shape index (κ3) is 7.45. The van der Waals surface area contributed by atoms with E-state index in [0.717, 1.165) is 46.7 Å². The lowest BCUT2D eigenvalue weighted by molar-refractivity contribution is -0.148. The van der Waals surface area contributed by atoms with E-state index in [0.29, 0.717) is 10.4 Å². The minimum absolute atomic E-state index is 0.0880. The van der Waals surface area contributed by atoms with Crippen LogP contribution in [0.25, 0.3) is 27.6 Å². The number of alkyl halides is 4. The zero-order chi connectivity index (χ0) is 38.4. The molecule has 52 heavy (non-hydrogen) atoms. The van der Waals surface area contributed by atoms with Gasteiger partial charge in [0.1, 0.15) is 17.5 Å². The number of ether oxygens (including phenoxy) is 1. The first-order chi connectivity index (χ1) is 24.2. The summed E-state index contributed by atoms with van der Waals surface area (Å²) >= 11 is 6.50. The lowest BCUT2D eigenvalue weighted by Gasteiger charge is -2.22. The molecule has 1 atom stereocenters. The average Bonchev–Trinajstić information content (AvgIpc) is 3.35. The Morgan fingerprint density at radius 3 is 2.33 bits per heavy atom. The smallest absolute Gasteiger partial charge is 0.405 e. The average molecular weight is 776 g/mol. The molecule has 0 aliphatic carbocycles. The summed E-state index contributed by atoms with van der Waals surface area (Å²) in [7, 11) is -2.99. The molecule has 5 rings (SSSR count). The van der Waals surface area contributed by atoms with Crippen molar-refractivity contribution in [2.24, 2.45) is 7.05 Å². The molecule has 0 fully saturated rings. The maximum absolute atomic E-state index is 14.4. The molecule has 5 aromatic rings. The molecular weight excluding hydrogens is 752 g/mol. The SMILES string of the molecule is CC(=O)N(c1nn(C)c2c(-n3c(C(Cc4cc(F)cc(F)c4)NC(=O)O)nc4nc(OCC(F)(F)C(F)F)ccc4c3=O)ccc(Cl)c12)S(C)(=O)=O. The second-order valence-electron chi connectivity index (χ2n) is 11.2. The largest absolute Gasteiger partial charge is 0.471 e. The predicted molar refractivity (Wildman–Crippen MR) is 173 cm³/mol. The Hall–Kier alpha value is -5.44. The van der Waals surface area contributed by atoms with E-state index in [1.165, 1.54) is 19.2 Å². The molecule has 0 bridgehead atoms. The maximum atomic E-state index is 14.4. The van der Waals surface area contributed by atoms with E-state index >= 15 is 0 Å². The number of nitrogens with zero attached hydrogens (tertiary/aromatic N) is 6. The van der Waals surface area contributed by atoms with Crippen molar-refractivity contribution < 1.29 is 54.2 Å². The number of aryl methyl sites for hydroxylation is 1. The number of amides is 2. The van der Waals surface area contributed by atoms with Gasteiger partial charge in [-0.2, -0.15) is 23.2 Å². The first-order valence-electron chi connectivity index (χ1n) is 14.5. The Labute approximate surface area is 293 Å². The number of aromatic nitrogens is 5. The van der Waals surface area contributed by atoms with Gasteiger partial charge < -0.3 is 15.2 Å². The summed E-state index contributed by atoms with van der Waals surface area (Å²) in [5.74, 6) is -9.26. The molecule has 2 aromatic carbocycles. The molecule has 2 amide bonds. The van der Waals surface area contributed by atoms with Crippen molar-refractivity contribution in [1.82, 2.24) is 29.6 Å². The van der Waals surface area contributed by atoms with Crippen LogP contribution in [0.4, 0.5) is 37.0 Å². The number of rotatable bonds is 11. The Kier molecular flexibility index (Phi) is 10.1. The molecule has 0 aliphatic rings. The molecule has 0 saturated carbocycles. The summed E-state index contributed by atoms with van der Waals surface area (Å²) in [5, 5.41) is 15.4. The Morgan fingerprint density at radius 2 is 1.75 bits per heavy atom. The molecule has 276 valence electrons. The summed E-state index contributed by atoms with van der Waals surface area (Å²) in [6.45, 7) is -0.857. The number of hydrogen-bond acceptors (Lipinski definition) is 9. The molecule has 3 heterocycles. The van der Waals surface area contributed by atoms with E-state index in [1.807, 2.05) is 0 Å². The van der Waals surface area contributed by atoms with Crippen molar-refractivity contribution in [3.05, 3.63) is 80.9 Å². The minimum atomic E-state index is -4.58. The van der Waals surface area contributed by atoms with Gasteiger partial charge in [-0.15, -0.1) is 0 Å². The number of nitrogens with one attached hydrogen (secondary N) is 1. The van der Waals surface area contributed by atoms with Crippen LogP contribution in [-0.4, -0.2) is 75.1 Å². The van der Waals surface area contributed by atoms with Gasteiger partial charge in [0.25, 0.3) is 5.56 Å². The van der Waals surface area contributed by atoms with Crippen LogP contribution in [0.1, 0.15) is 24.4 Å². The Bertz CT molecular complexity index is 2410. The van der Waals surface area contributed by atoms with Crippen LogP contribution in [-0.2, 0) is 28.3 Å². The highest BCUT2D eigenvalue weighted by Crippen LogP contribution is 2.37. The molecule has 22 heteroatoms. The third-order valence-electron chi connectivity index (χ3n) is 7.38. The molecule has 3 aromatic heterocycles. The third-order valence-corrected chi connectivity index (χ3v) is 8.79. The van der Waals surface area contributed by atoms with Gasteiger partial charge in [0.05, 0.1) is 39.3 Å². The van der Waals surface area contributed by atoms with Gasteiger partial charge in [0.2, 0.25) is 21.8 Å². The van der Waals surface area contributed by atoms with Crippen molar-refractivity contribution in [1.29, 1.82) is 0 Å². The van der Waals surface area contributed by atoms with E-state index in [9.17, 15) is 54.3 Å². The minimum Gasteiger partial charge on any atom is -0.471 e. The highest BCUT2D eigenvalue weighted by molar-refractivity contribution is 7.92. The first kappa shape index (κ1) is 37.8. The molecule has 0 aliphatic heterocycles. The number of hydrogen-bond donors (Lipinski definition) is 2. The van der Waals surface area contributed by atoms with Crippen molar-refractivity contribution in [2.45, 2.75) is 31.7 Å². The fourth-order valence-corrected chi connectivity index (χ4v) is 6.51. The zero-order valence-corrected chi connectivity index (χ0v) is 28.3. The molecule has 1 unspecified atom stereocenters. The van der Waals surface area contributed by atoms with E-state index < -0.39 is 93.8 Å². The monoisotopic (exact) mass is 775 g/mol. The summed E-state index contributed by atoms with van der Waals surface area (Å²) in [4.78, 5) is 47.2. The standard InChI is InChI=1S/C30H24ClF6N7O7S/c1-13(45)44(52(3,49)50)26-22-18(31)5-6-20(23(22)42(2)41-26)43-25(19(38-29(47)48)10-14-8-15(32)11-16(33)9-14)40-24-17(27(43)46)4-7-21(39-24)51-12-30(36,37)28(34)35/h4-9,11,19,28,38H,10,12H2,1-3H3,(H,47,48). The number of halogens is 7. The van der Waals surface area contributed by atoms with Crippen molar-refractivity contribution >= 4 is 61.4 Å². The van der Waals surface area contributed by atoms with E-state index in [-0.39, 0.29) is 32.6 Å². The van der Waals surface area contributed by atoms with Crippen LogP contribution in [0.3, 0.4) is 0 Å². The van der Waals surface area contributed by atoms with Gasteiger partial charge in [0, 0.05) is 32.5 Å². The topological polar surface area (TPSA) is 179 Å². The normalized spacial score (nSPS) is 12.8. The molecule has 0 spiro atoms. The van der Waals surface area contributed by atoms with Crippen LogP contribution < -0.4 is 19.9 Å². The van der Waals surface area contributed by atoms with Gasteiger partial charge in [-0.25, -0.2) is 35.8 Å². The highest BCUT2D eigenvalue weighted by atomic mass is 35.5. The number of sulfonamides is 1. The maximum Gasteiger partial charge on any atom is 0.405 e. The zero-order valence-electron chi connectivity index (χ0n) is 26.7. The number of anilines is 1. The summed E-state index contributed by atoms with van der Waals surface area (Å²) in [6, 6.07) is 5.07. The van der Waals surface area contributed by atoms with Gasteiger partial charge in [-0.3, -0.25) is 18.8 Å². The summed E-state index contributed by atoms with van der Waals surface area (Å²) in [6.07, 6.45) is -5.60. The summed E-state index contributed by atoms with van der Waals surface area (Å²) < 4.78 is 113. The van der Waals surface area contributed by atoms with Crippen molar-refractivity contribution in [2.75, 3.05) is 17.2 Å². The molecule has 2 N–H and O–H groups in total. The van der Waals surface area contributed by atoms with Crippen LogP contribution in [0.5, 0.6) is 5.88 Å². The number of pyridine rings is 1. The van der Waals surface area contributed by atoms with E-state index in [1.54, 1.807) is 0 Å². The second kappa shape index (κ2) is 13.9. The predicted octanol–water partition coefficient (Wildman–Crippen LogP) is 4.74. The molecule has 0 radical (unpaired) electrons. The molecular formula is C30H24ClF6N7O7S.